The van der Waals surface area contributed by atoms with E-state index in [1.807, 2.05) is 20.8 Å². The van der Waals surface area contributed by atoms with E-state index >= 15 is 0 Å². The molecule has 5 aliphatic heterocycles. The van der Waals surface area contributed by atoms with E-state index in [2.05, 4.69) is 6.92 Å². The maximum atomic E-state index is 12.6. The highest BCUT2D eigenvalue weighted by Crippen LogP contribution is 2.75. The number of carbonyl (C=O) groups excluding carboxylic acids is 1. The van der Waals surface area contributed by atoms with Crippen molar-refractivity contribution < 1.29 is 43.1 Å². The lowest BCUT2D eigenvalue weighted by Crippen LogP contribution is -2.79. The number of ether oxygens (including phenoxy) is 7. The van der Waals surface area contributed by atoms with E-state index in [1.54, 1.807) is 14.2 Å². The molecule has 0 unspecified atom stereocenters. The van der Waals surface area contributed by atoms with Crippen molar-refractivity contribution in [3.05, 3.63) is 22.3 Å². The van der Waals surface area contributed by atoms with Gasteiger partial charge in [-0.1, -0.05) is 6.92 Å². The number of esters is 1. The minimum absolute atomic E-state index is 0.0934. The lowest BCUT2D eigenvalue weighted by Gasteiger charge is -2.66. The van der Waals surface area contributed by atoms with Gasteiger partial charge in [0.2, 0.25) is 5.79 Å². The molecule has 190 valence electrons. The van der Waals surface area contributed by atoms with Crippen molar-refractivity contribution in [3.8, 4) is 11.5 Å². The van der Waals surface area contributed by atoms with E-state index in [1.165, 1.54) is 0 Å². The first kappa shape index (κ1) is 22.3. The molecule has 9 heteroatoms. The molecule has 1 N–H and O–H groups in total. The third-order valence-electron chi connectivity index (χ3n) is 10.1. The van der Waals surface area contributed by atoms with Gasteiger partial charge in [0.25, 0.3) is 5.97 Å². The second-order valence-electron chi connectivity index (χ2n) is 11.7. The number of methoxy groups -OCH3 is 2. The molecule has 3 saturated heterocycles. The topological polar surface area (TPSA) is 102 Å². The van der Waals surface area contributed by atoms with Gasteiger partial charge in [-0.3, -0.25) is 0 Å². The first-order valence-electron chi connectivity index (χ1n) is 12.3. The molecule has 0 aromatic heterocycles. The average Bonchev–Trinajstić information content (AvgIpc) is 3.37. The fourth-order valence-electron chi connectivity index (χ4n) is 8.75. The summed E-state index contributed by atoms with van der Waals surface area (Å²) in [5, 5.41) is 12.2. The van der Waals surface area contributed by atoms with Crippen LogP contribution in [-0.2, 0) is 36.7 Å². The highest BCUT2D eigenvalue weighted by molar-refractivity contribution is 5.98. The van der Waals surface area contributed by atoms with Crippen LogP contribution in [0.3, 0.4) is 0 Å². The largest absolute Gasteiger partial charge is 0.495 e. The van der Waals surface area contributed by atoms with E-state index in [9.17, 15) is 9.90 Å². The molecule has 0 radical (unpaired) electrons. The van der Waals surface area contributed by atoms with Crippen LogP contribution in [-0.4, -0.2) is 60.5 Å². The van der Waals surface area contributed by atoms with Gasteiger partial charge in [-0.2, -0.15) is 0 Å². The van der Waals surface area contributed by atoms with Crippen molar-refractivity contribution in [1.82, 2.24) is 0 Å². The lowest BCUT2D eigenvalue weighted by molar-refractivity contribution is -0.436. The van der Waals surface area contributed by atoms with Crippen LogP contribution in [0.1, 0.15) is 67.1 Å². The standard InChI is InChI=1S/C26H32O9/c1-13-15-10-31-20(27)17(15)19(29-5)14-9-16-21(2)7-8-25(30-6)34-23(4)12-32-24(28,26(21,23)35-25)11-22(16,3)33-18(13)14/h16,28H,7-12H2,1-6H3/t16-,21+,22+,23+,24+,25-,26-/m0/s1. The molecular weight excluding hydrogens is 456 g/mol. The molecule has 2 bridgehead atoms. The SMILES string of the molecule is COc1c2c(c(C)c3c1C(=O)OC3)O[C@]1(C)C[C@@]3(O)OC[C@@]4(C)O[C@@]5(OC)CC[C@](C)([C@@H]1C2)[C@]43O5. The quantitative estimate of drug-likeness (QED) is 0.630. The normalized spacial score (nSPS) is 48.4. The molecule has 7 atom stereocenters. The summed E-state index contributed by atoms with van der Waals surface area (Å²) in [7, 11) is 3.15. The fraction of sp³-hybridized carbons (Fsp3) is 0.731. The summed E-state index contributed by atoms with van der Waals surface area (Å²) in [6.45, 7) is 8.48. The van der Waals surface area contributed by atoms with Gasteiger partial charge in [0, 0.05) is 42.4 Å². The van der Waals surface area contributed by atoms with Crippen LogP contribution in [0.4, 0.5) is 0 Å². The highest BCUT2D eigenvalue weighted by Gasteiger charge is 2.89. The van der Waals surface area contributed by atoms with Crippen molar-refractivity contribution in [3.63, 3.8) is 0 Å². The number of hydrogen-bond acceptors (Lipinski definition) is 9. The number of aliphatic hydroxyl groups is 1. The molecule has 1 spiro atoms. The van der Waals surface area contributed by atoms with Gasteiger partial charge in [0.05, 0.1) is 13.7 Å². The molecule has 5 heterocycles. The Balaban J connectivity index is 1.45. The second kappa shape index (κ2) is 6.14. The van der Waals surface area contributed by atoms with Crippen LogP contribution >= 0.6 is 0 Å². The third-order valence-corrected chi connectivity index (χ3v) is 10.1. The van der Waals surface area contributed by atoms with Gasteiger partial charge in [-0.05, 0) is 39.2 Å². The number of benzene rings is 1. The van der Waals surface area contributed by atoms with Gasteiger partial charge in [-0.15, -0.1) is 0 Å². The summed E-state index contributed by atoms with van der Waals surface area (Å²) in [5.41, 5.74) is -0.424. The molecule has 1 aromatic carbocycles. The molecule has 1 aliphatic carbocycles. The van der Waals surface area contributed by atoms with E-state index in [0.717, 1.165) is 16.7 Å². The molecule has 6 aliphatic rings. The summed E-state index contributed by atoms with van der Waals surface area (Å²) in [6, 6.07) is 0. The maximum absolute atomic E-state index is 12.6. The Morgan fingerprint density at radius 2 is 1.86 bits per heavy atom. The summed E-state index contributed by atoms with van der Waals surface area (Å²) in [5.74, 6) is -2.09. The van der Waals surface area contributed by atoms with E-state index in [-0.39, 0.29) is 31.5 Å². The number of hydrogen-bond donors (Lipinski definition) is 1. The van der Waals surface area contributed by atoms with Crippen molar-refractivity contribution in [1.29, 1.82) is 0 Å². The number of rotatable bonds is 2. The van der Waals surface area contributed by atoms with Gasteiger partial charge in [0.1, 0.15) is 34.9 Å². The third kappa shape index (κ3) is 2.16. The average molecular weight is 489 g/mol. The smallest absolute Gasteiger partial charge is 0.342 e. The maximum Gasteiger partial charge on any atom is 0.342 e. The monoisotopic (exact) mass is 488 g/mol. The Hall–Kier alpha value is -1.91. The zero-order valence-corrected chi connectivity index (χ0v) is 21.0. The number of fused-ring (bicyclic) bond motifs is 5. The predicted molar refractivity (Wildman–Crippen MR) is 119 cm³/mol. The van der Waals surface area contributed by atoms with Crippen molar-refractivity contribution >= 4 is 5.97 Å². The highest BCUT2D eigenvalue weighted by atomic mass is 16.9. The van der Waals surface area contributed by atoms with E-state index in [4.69, 9.17) is 33.2 Å². The molecule has 0 amide bonds. The molecule has 35 heavy (non-hydrogen) atoms. The first-order chi connectivity index (χ1) is 16.4. The molecule has 9 nitrogen and oxygen atoms in total. The Labute approximate surface area is 203 Å². The minimum Gasteiger partial charge on any atom is -0.495 e. The number of carbonyl (C=O) groups is 1. The predicted octanol–water partition coefficient (Wildman–Crippen LogP) is 2.75. The molecule has 4 fully saturated rings. The van der Waals surface area contributed by atoms with Crippen LogP contribution in [0.25, 0.3) is 0 Å². The summed E-state index contributed by atoms with van der Waals surface area (Å²) in [4.78, 5) is 12.6. The lowest BCUT2D eigenvalue weighted by atomic mass is 9.45. The Morgan fingerprint density at radius 1 is 1.09 bits per heavy atom. The van der Waals surface area contributed by atoms with Crippen LogP contribution < -0.4 is 9.47 Å². The van der Waals surface area contributed by atoms with Gasteiger partial charge >= 0.3 is 5.97 Å². The van der Waals surface area contributed by atoms with Gasteiger partial charge < -0.3 is 38.3 Å². The van der Waals surface area contributed by atoms with E-state index < -0.39 is 34.0 Å². The van der Waals surface area contributed by atoms with Crippen LogP contribution in [0.5, 0.6) is 11.5 Å². The Kier molecular flexibility index (Phi) is 3.91. The summed E-state index contributed by atoms with van der Waals surface area (Å²) >= 11 is 0. The van der Waals surface area contributed by atoms with Crippen LogP contribution in [0.15, 0.2) is 0 Å². The van der Waals surface area contributed by atoms with Crippen molar-refractivity contribution in [2.75, 3.05) is 20.8 Å². The molecule has 1 saturated carbocycles. The minimum atomic E-state index is -1.63. The number of cyclic esters (lactones) is 1. The second-order valence-corrected chi connectivity index (χ2v) is 11.7. The van der Waals surface area contributed by atoms with Crippen LogP contribution in [0.2, 0.25) is 0 Å². The zero-order valence-electron chi connectivity index (χ0n) is 21.0. The molecular formula is C26H32O9. The zero-order chi connectivity index (χ0) is 24.8. The summed E-state index contributed by atoms with van der Waals surface area (Å²) in [6.07, 6.45) is 1.98. The van der Waals surface area contributed by atoms with Gasteiger partial charge in [0.15, 0.2) is 5.60 Å². The molecule has 7 rings (SSSR count). The van der Waals surface area contributed by atoms with E-state index in [0.29, 0.717) is 36.3 Å². The van der Waals surface area contributed by atoms with Crippen LogP contribution in [0, 0.1) is 18.3 Å². The molecule has 1 aromatic rings. The van der Waals surface area contributed by atoms with Crippen molar-refractivity contribution in [2.24, 2.45) is 11.3 Å². The Morgan fingerprint density at radius 3 is 2.57 bits per heavy atom. The van der Waals surface area contributed by atoms with Crippen molar-refractivity contribution in [2.45, 2.75) is 88.5 Å². The Bertz CT molecular complexity index is 1200. The van der Waals surface area contributed by atoms with Gasteiger partial charge in [-0.25, -0.2) is 4.79 Å². The summed E-state index contributed by atoms with van der Waals surface area (Å²) < 4.78 is 43.1. The first-order valence-corrected chi connectivity index (χ1v) is 12.3. The fourth-order valence-corrected chi connectivity index (χ4v) is 8.75.